The summed E-state index contributed by atoms with van der Waals surface area (Å²) in [5.41, 5.74) is 3.74. The minimum absolute atomic E-state index is 0.556. The summed E-state index contributed by atoms with van der Waals surface area (Å²) in [7, 11) is 1.64. The first-order valence-electron chi connectivity index (χ1n) is 6.91. The van der Waals surface area contributed by atoms with Crippen LogP contribution in [0.1, 0.15) is 28.6 Å². The first kappa shape index (κ1) is 13.7. The Labute approximate surface area is 123 Å². The van der Waals surface area contributed by atoms with Gasteiger partial charge in [-0.05, 0) is 55.3 Å². The Morgan fingerprint density at radius 3 is 2.57 bits per heavy atom. The van der Waals surface area contributed by atoms with Gasteiger partial charge in [0.1, 0.15) is 23.2 Å². The molecule has 0 saturated heterocycles. The highest BCUT2D eigenvalue weighted by molar-refractivity contribution is 5.78. The summed E-state index contributed by atoms with van der Waals surface area (Å²) in [5, 5.41) is 11.5. The average molecular weight is 282 g/mol. The van der Waals surface area contributed by atoms with Crippen LogP contribution in [-0.4, -0.2) is 12.2 Å². The highest BCUT2D eigenvalue weighted by atomic mass is 16.5. The van der Waals surface area contributed by atoms with Crippen molar-refractivity contribution >= 4 is 11.0 Å². The van der Waals surface area contributed by atoms with Crippen molar-refractivity contribution < 1.29 is 14.3 Å². The molecule has 1 unspecified atom stereocenters. The van der Waals surface area contributed by atoms with E-state index in [1.807, 2.05) is 56.3 Å². The number of fused-ring (bicyclic) bond motifs is 1. The maximum Gasteiger partial charge on any atom is 0.138 e. The van der Waals surface area contributed by atoms with Crippen molar-refractivity contribution in [3.63, 3.8) is 0 Å². The van der Waals surface area contributed by atoms with Gasteiger partial charge in [0.25, 0.3) is 0 Å². The highest BCUT2D eigenvalue weighted by Gasteiger charge is 2.16. The molecule has 3 heteroatoms. The van der Waals surface area contributed by atoms with Gasteiger partial charge in [0, 0.05) is 5.39 Å². The smallest absolute Gasteiger partial charge is 0.138 e. The lowest BCUT2D eigenvalue weighted by atomic mass is 10.0. The average Bonchev–Trinajstić information content (AvgIpc) is 2.89. The molecule has 0 aliphatic carbocycles. The summed E-state index contributed by atoms with van der Waals surface area (Å²) in [4.78, 5) is 0. The van der Waals surface area contributed by atoms with Crippen LogP contribution < -0.4 is 4.74 Å². The van der Waals surface area contributed by atoms with Crippen LogP contribution in [0.5, 0.6) is 5.75 Å². The molecule has 0 bridgehead atoms. The topological polar surface area (TPSA) is 42.6 Å². The van der Waals surface area contributed by atoms with E-state index in [0.29, 0.717) is 5.76 Å². The summed E-state index contributed by atoms with van der Waals surface area (Å²) in [6, 6.07) is 13.5. The Morgan fingerprint density at radius 1 is 1.05 bits per heavy atom. The van der Waals surface area contributed by atoms with Gasteiger partial charge in [-0.3, -0.25) is 0 Å². The predicted molar refractivity (Wildman–Crippen MR) is 82.7 cm³/mol. The summed E-state index contributed by atoms with van der Waals surface area (Å²) in [5.74, 6) is 1.37. The standard InChI is InChI=1S/C18H18O3/c1-11-4-6-16-14(8-11)10-17(21-16)18(19)13-5-7-15(20-3)12(2)9-13/h4-10,18-19H,1-3H3. The Balaban J connectivity index is 1.99. The van der Waals surface area contributed by atoms with Crippen molar-refractivity contribution in [1.82, 2.24) is 0 Å². The van der Waals surface area contributed by atoms with Crippen LogP contribution in [0.3, 0.4) is 0 Å². The third-order valence-electron chi connectivity index (χ3n) is 3.69. The number of aliphatic hydroxyl groups excluding tert-OH is 1. The molecule has 0 aliphatic rings. The molecule has 0 radical (unpaired) electrons. The van der Waals surface area contributed by atoms with Gasteiger partial charge in [0.05, 0.1) is 7.11 Å². The molecule has 1 heterocycles. The van der Waals surface area contributed by atoms with Gasteiger partial charge >= 0.3 is 0 Å². The fourth-order valence-corrected chi connectivity index (χ4v) is 2.55. The monoisotopic (exact) mass is 282 g/mol. The second-order valence-electron chi connectivity index (χ2n) is 5.32. The minimum atomic E-state index is -0.776. The number of furan rings is 1. The van der Waals surface area contributed by atoms with Gasteiger partial charge in [-0.1, -0.05) is 17.7 Å². The summed E-state index contributed by atoms with van der Waals surface area (Å²) < 4.78 is 11.0. The SMILES string of the molecule is COc1ccc(C(O)c2cc3cc(C)ccc3o2)cc1C. The second kappa shape index (κ2) is 5.26. The van der Waals surface area contributed by atoms with Gasteiger partial charge < -0.3 is 14.3 Å². The van der Waals surface area contributed by atoms with E-state index in [-0.39, 0.29) is 0 Å². The first-order chi connectivity index (χ1) is 10.1. The number of methoxy groups -OCH3 is 1. The number of aliphatic hydroxyl groups is 1. The predicted octanol–water partition coefficient (Wildman–Crippen LogP) is 4.14. The van der Waals surface area contributed by atoms with Crippen molar-refractivity contribution in [2.45, 2.75) is 20.0 Å². The van der Waals surface area contributed by atoms with Crippen molar-refractivity contribution in [2.75, 3.05) is 7.11 Å². The molecule has 3 aromatic rings. The molecule has 3 nitrogen and oxygen atoms in total. The maximum atomic E-state index is 10.5. The Morgan fingerprint density at radius 2 is 1.86 bits per heavy atom. The summed E-state index contributed by atoms with van der Waals surface area (Å²) in [6.45, 7) is 3.99. The minimum Gasteiger partial charge on any atom is -0.496 e. The van der Waals surface area contributed by atoms with Crippen LogP contribution in [0, 0.1) is 13.8 Å². The Bertz CT molecular complexity index is 786. The maximum absolute atomic E-state index is 10.5. The van der Waals surface area contributed by atoms with E-state index in [2.05, 4.69) is 0 Å². The lowest BCUT2D eigenvalue weighted by Crippen LogP contribution is -1.99. The third-order valence-corrected chi connectivity index (χ3v) is 3.69. The van der Waals surface area contributed by atoms with Gasteiger partial charge in [-0.25, -0.2) is 0 Å². The molecule has 1 aromatic heterocycles. The molecule has 0 aliphatic heterocycles. The number of ether oxygens (including phenoxy) is 1. The van der Waals surface area contributed by atoms with Gasteiger partial charge in [-0.15, -0.1) is 0 Å². The van der Waals surface area contributed by atoms with Gasteiger partial charge in [0.2, 0.25) is 0 Å². The summed E-state index contributed by atoms with van der Waals surface area (Å²) >= 11 is 0. The Hall–Kier alpha value is -2.26. The molecular weight excluding hydrogens is 264 g/mol. The zero-order chi connectivity index (χ0) is 15.0. The number of hydrogen-bond donors (Lipinski definition) is 1. The van der Waals surface area contributed by atoms with Crippen molar-refractivity contribution in [2.24, 2.45) is 0 Å². The lowest BCUT2D eigenvalue weighted by molar-refractivity contribution is 0.192. The fourth-order valence-electron chi connectivity index (χ4n) is 2.55. The van der Waals surface area contributed by atoms with Crippen LogP contribution in [0.25, 0.3) is 11.0 Å². The quantitative estimate of drug-likeness (QED) is 0.785. The second-order valence-corrected chi connectivity index (χ2v) is 5.32. The molecule has 1 N–H and O–H groups in total. The van der Waals surface area contributed by atoms with E-state index >= 15 is 0 Å². The molecule has 0 spiro atoms. The van der Waals surface area contributed by atoms with E-state index in [1.165, 1.54) is 5.56 Å². The van der Waals surface area contributed by atoms with Crippen molar-refractivity contribution in [3.8, 4) is 5.75 Å². The van der Waals surface area contributed by atoms with E-state index in [0.717, 1.165) is 27.8 Å². The van der Waals surface area contributed by atoms with Crippen LogP contribution >= 0.6 is 0 Å². The van der Waals surface area contributed by atoms with Crippen LogP contribution in [-0.2, 0) is 0 Å². The normalized spacial score (nSPS) is 12.6. The number of rotatable bonds is 3. The fraction of sp³-hybridized carbons (Fsp3) is 0.222. The van der Waals surface area contributed by atoms with E-state index < -0.39 is 6.10 Å². The van der Waals surface area contributed by atoms with Gasteiger partial charge in [0.15, 0.2) is 0 Å². The molecule has 0 fully saturated rings. The molecular formula is C18H18O3. The van der Waals surface area contributed by atoms with Crippen molar-refractivity contribution in [1.29, 1.82) is 0 Å². The third kappa shape index (κ3) is 2.52. The molecule has 21 heavy (non-hydrogen) atoms. The van der Waals surface area contributed by atoms with Crippen LogP contribution in [0.15, 0.2) is 46.9 Å². The zero-order valence-electron chi connectivity index (χ0n) is 12.4. The first-order valence-corrected chi connectivity index (χ1v) is 6.91. The van der Waals surface area contributed by atoms with Crippen molar-refractivity contribution in [3.05, 3.63) is 64.9 Å². The van der Waals surface area contributed by atoms with Crippen LogP contribution in [0.2, 0.25) is 0 Å². The molecule has 1 atom stereocenters. The Kier molecular flexibility index (Phi) is 3.43. The largest absolute Gasteiger partial charge is 0.496 e. The lowest BCUT2D eigenvalue weighted by Gasteiger charge is -2.11. The molecule has 2 aromatic carbocycles. The van der Waals surface area contributed by atoms with E-state index in [9.17, 15) is 5.11 Å². The molecule has 3 rings (SSSR count). The van der Waals surface area contributed by atoms with E-state index in [1.54, 1.807) is 7.11 Å². The number of hydrogen-bond acceptors (Lipinski definition) is 3. The number of aryl methyl sites for hydroxylation is 2. The van der Waals surface area contributed by atoms with Crippen LogP contribution in [0.4, 0.5) is 0 Å². The molecule has 0 amide bonds. The highest BCUT2D eigenvalue weighted by Crippen LogP contribution is 2.30. The molecule has 108 valence electrons. The zero-order valence-corrected chi connectivity index (χ0v) is 12.4. The van der Waals surface area contributed by atoms with E-state index in [4.69, 9.17) is 9.15 Å². The molecule has 0 saturated carbocycles. The van der Waals surface area contributed by atoms with Gasteiger partial charge in [-0.2, -0.15) is 0 Å². The summed E-state index contributed by atoms with van der Waals surface area (Å²) in [6.07, 6.45) is -0.776. The number of benzene rings is 2.